The highest BCUT2D eigenvalue weighted by Crippen LogP contribution is 2.14. The fourth-order valence-corrected chi connectivity index (χ4v) is 2.12. The quantitative estimate of drug-likeness (QED) is 0.737. The van der Waals surface area contributed by atoms with Crippen molar-refractivity contribution in [3.05, 3.63) is 0 Å². The third-order valence-electron chi connectivity index (χ3n) is 2.94. The van der Waals surface area contributed by atoms with Gasteiger partial charge in [0.2, 0.25) is 0 Å². The molecule has 1 fully saturated rings. The standard InChI is InChI=1S/C13H26N2O2/c1-5-15-7-6-11(10-15)8-14-9-12(16)17-13(2,3)4/h11,14H,5-10H2,1-4H3. The lowest BCUT2D eigenvalue weighted by Crippen LogP contribution is -2.34. The fourth-order valence-electron chi connectivity index (χ4n) is 2.12. The predicted molar refractivity (Wildman–Crippen MR) is 68.9 cm³/mol. The van der Waals surface area contributed by atoms with E-state index in [9.17, 15) is 4.79 Å². The number of esters is 1. The Labute approximate surface area is 105 Å². The molecule has 4 nitrogen and oxygen atoms in total. The number of ether oxygens (including phenoxy) is 1. The first-order chi connectivity index (χ1) is 7.90. The van der Waals surface area contributed by atoms with Crippen LogP contribution in [0.1, 0.15) is 34.1 Å². The largest absolute Gasteiger partial charge is 0.459 e. The second kappa shape index (κ2) is 6.36. The van der Waals surface area contributed by atoms with E-state index in [-0.39, 0.29) is 11.6 Å². The van der Waals surface area contributed by atoms with Crippen molar-refractivity contribution in [2.45, 2.75) is 39.7 Å². The Morgan fingerprint density at radius 1 is 1.47 bits per heavy atom. The molecule has 0 aromatic carbocycles. The average molecular weight is 242 g/mol. The van der Waals surface area contributed by atoms with Gasteiger partial charge >= 0.3 is 5.97 Å². The third kappa shape index (κ3) is 6.03. The summed E-state index contributed by atoms with van der Waals surface area (Å²) in [5.74, 6) is 0.514. The number of nitrogens with zero attached hydrogens (tertiary/aromatic N) is 1. The molecule has 0 bridgehead atoms. The van der Waals surface area contributed by atoms with Gasteiger partial charge < -0.3 is 15.0 Å². The van der Waals surface area contributed by atoms with Gasteiger partial charge in [0.1, 0.15) is 5.60 Å². The summed E-state index contributed by atoms with van der Waals surface area (Å²) in [5.41, 5.74) is -0.384. The molecule has 1 aliphatic heterocycles. The summed E-state index contributed by atoms with van der Waals surface area (Å²) in [5, 5.41) is 3.19. The topological polar surface area (TPSA) is 41.6 Å². The van der Waals surface area contributed by atoms with E-state index < -0.39 is 0 Å². The molecule has 0 spiro atoms. The van der Waals surface area contributed by atoms with Crippen LogP contribution in [0.2, 0.25) is 0 Å². The summed E-state index contributed by atoms with van der Waals surface area (Å²) in [6.07, 6.45) is 1.23. The molecule has 17 heavy (non-hydrogen) atoms. The zero-order valence-electron chi connectivity index (χ0n) is 11.6. The van der Waals surface area contributed by atoms with Crippen molar-refractivity contribution in [1.29, 1.82) is 0 Å². The zero-order valence-corrected chi connectivity index (χ0v) is 11.6. The van der Waals surface area contributed by atoms with Gasteiger partial charge in [-0.2, -0.15) is 0 Å². The summed E-state index contributed by atoms with van der Waals surface area (Å²) in [4.78, 5) is 13.9. The van der Waals surface area contributed by atoms with Crippen molar-refractivity contribution in [2.75, 3.05) is 32.7 Å². The monoisotopic (exact) mass is 242 g/mol. The van der Waals surface area contributed by atoms with Crippen LogP contribution in [0.5, 0.6) is 0 Å². The zero-order chi connectivity index (χ0) is 12.9. The summed E-state index contributed by atoms with van der Waals surface area (Å²) < 4.78 is 5.23. The van der Waals surface area contributed by atoms with Crippen LogP contribution in [0.4, 0.5) is 0 Å². The summed E-state index contributed by atoms with van der Waals surface area (Å²) in [6.45, 7) is 12.6. The van der Waals surface area contributed by atoms with Crippen LogP contribution in [0, 0.1) is 5.92 Å². The lowest BCUT2D eigenvalue weighted by molar-refractivity contribution is -0.153. The maximum atomic E-state index is 11.5. The van der Waals surface area contributed by atoms with Crippen molar-refractivity contribution in [3.8, 4) is 0 Å². The maximum absolute atomic E-state index is 11.5. The Bertz CT molecular complexity index is 248. The van der Waals surface area contributed by atoms with Gasteiger partial charge in [-0.1, -0.05) is 6.92 Å². The van der Waals surface area contributed by atoms with Gasteiger partial charge in [0, 0.05) is 6.54 Å². The van der Waals surface area contributed by atoms with Crippen LogP contribution in [0.3, 0.4) is 0 Å². The Balaban J connectivity index is 2.10. The van der Waals surface area contributed by atoms with Crippen molar-refractivity contribution in [1.82, 2.24) is 10.2 Å². The van der Waals surface area contributed by atoms with Crippen LogP contribution in [-0.2, 0) is 9.53 Å². The number of rotatable bonds is 5. The summed E-state index contributed by atoms with van der Waals surface area (Å²) >= 11 is 0. The van der Waals surface area contributed by atoms with Crippen molar-refractivity contribution in [3.63, 3.8) is 0 Å². The fraction of sp³-hybridized carbons (Fsp3) is 0.923. The van der Waals surface area contributed by atoms with Crippen LogP contribution in [0.15, 0.2) is 0 Å². The molecule has 1 aliphatic rings. The van der Waals surface area contributed by atoms with Gasteiger partial charge in [0.05, 0.1) is 6.54 Å². The van der Waals surface area contributed by atoms with Gasteiger partial charge in [-0.05, 0) is 52.7 Å². The molecule has 1 heterocycles. The highest BCUT2D eigenvalue weighted by Gasteiger charge is 2.21. The number of carbonyl (C=O) groups excluding carboxylic acids is 1. The summed E-state index contributed by atoms with van der Waals surface area (Å²) in [7, 11) is 0. The molecule has 1 N–H and O–H groups in total. The molecule has 1 saturated heterocycles. The minimum atomic E-state index is -0.384. The minimum absolute atomic E-state index is 0.164. The summed E-state index contributed by atoms with van der Waals surface area (Å²) in [6, 6.07) is 0. The van der Waals surface area contributed by atoms with Gasteiger partial charge in [0.25, 0.3) is 0 Å². The van der Waals surface area contributed by atoms with Crippen LogP contribution in [0.25, 0.3) is 0 Å². The van der Waals surface area contributed by atoms with Crippen molar-refractivity contribution >= 4 is 5.97 Å². The first-order valence-electron chi connectivity index (χ1n) is 6.55. The SMILES string of the molecule is CCN1CCC(CNCC(=O)OC(C)(C)C)C1. The number of nitrogens with one attached hydrogen (secondary N) is 1. The van der Waals surface area contributed by atoms with E-state index in [2.05, 4.69) is 17.1 Å². The van der Waals surface area contributed by atoms with Gasteiger partial charge in [-0.15, -0.1) is 0 Å². The number of hydrogen-bond donors (Lipinski definition) is 1. The highest BCUT2D eigenvalue weighted by molar-refractivity contribution is 5.72. The molecular weight excluding hydrogens is 216 g/mol. The lowest BCUT2D eigenvalue weighted by atomic mass is 10.1. The minimum Gasteiger partial charge on any atom is -0.459 e. The highest BCUT2D eigenvalue weighted by atomic mass is 16.6. The molecule has 1 atom stereocenters. The molecule has 0 radical (unpaired) electrons. The van der Waals surface area contributed by atoms with E-state index in [1.807, 2.05) is 20.8 Å². The second-order valence-electron chi connectivity index (χ2n) is 5.77. The molecule has 0 amide bonds. The Morgan fingerprint density at radius 2 is 2.18 bits per heavy atom. The Hall–Kier alpha value is -0.610. The number of likely N-dealkylation sites (tertiary alicyclic amines) is 1. The van der Waals surface area contributed by atoms with Crippen LogP contribution >= 0.6 is 0 Å². The molecule has 100 valence electrons. The molecule has 0 aromatic heterocycles. The molecular formula is C13H26N2O2. The van der Waals surface area contributed by atoms with Gasteiger partial charge in [-0.25, -0.2) is 0 Å². The molecule has 1 unspecified atom stereocenters. The first kappa shape index (κ1) is 14.5. The van der Waals surface area contributed by atoms with Crippen LogP contribution < -0.4 is 5.32 Å². The van der Waals surface area contributed by atoms with E-state index in [1.165, 1.54) is 13.0 Å². The third-order valence-corrected chi connectivity index (χ3v) is 2.94. The molecule has 0 aliphatic carbocycles. The number of carbonyl (C=O) groups is 1. The average Bonchev–Trinajstić information content (AvgIpc) is 2.63. The van der Waals surface area contributed by atoms with Gasteiger partial charge in [0.15, 0.2) is 0 Å². The molecule has 0 aromatic rings. The Kier molecular flexibility index (Phi) is 5.40. The van der Waals surface area contributed by atoms with Crippen LogP contribution in [-0.4, -0.2) is 49.2 Å². The first-order valence-corrected chi connectivity index (χ1v) is 6.55. The number of hydrogen-bond acceptors (Lipinski definition) is 4. The van der Waals surface area contributed by atoms with E-state index in [0.717, 1.165) is 19.6 Å². The smallest absolute Gasteiger partial charge is 0.320 e. The van der Waals surface area contributed by atoms with E-state index in [4.69, 9.17) is 4.74 Å². The lowest BCUT2D eigenvalue weighted by Gasteiger charge is -2.20. The second-order valence-corrected chi connectivity index (χ2v) is 5.77. The Morgan fingerprint density at radius 3 is 2.71 bits per heavy atom. The van der Waals surface area contributed by atoms with Crippen molar-refractivity contribution < 1.29 is 9.53 Å². The van der Waals surface area contributed by atoms with Gasteiger partial charge in [-0.3, -0.25) is 4.79 Å². The van der Waals surface area contributed by atoms with E-state index in [1.54, 1.807) is 0 Å². The maximum Gasteiger partial charge on any atom is 0.320 e. The normalized spacial score (nSPS) is 21.8. The molecule has 0 saturated carbocycles. The molecule has 1 rings (SSSR count). The van der Waals surface area contributed by atoms with E-state index in [0.29, 0.717) is 12.5 Å². The van der Waals surface area contributed by atoms with Crippen molar-refractivity contribution in [2.24, 2.45) is 5.92 Å². The molecule has 4 heteroatoms. The van der Waals surface area contributed by atoms with E-state index >= 15 is 0 Å². The predicted octanol–water partition coefficient (Wildman–Crippen LogP) is 1.26.